The van der Waals surface area contributed by atoms with Crippen molar-refractivity contribution in [1.29, 1.82) is 0 Å². The molecule has 0 spiro atoms. The lowest BCUT2D eigenvalue weighted by Crippen LogP contribution is -2.19. The van der Waals surface area contributed by atoms with Crippen LogP contribution in [-0.4, -0.2) is 21.6 Å². The van der Waals surface area contributed by atoms with Crippen molar-refractivity contribution in [2.45, 2.75) is 13.5 Å². The lowest BCUT2D eigenvalue weighted by Gasteiger charge is -2.10. The zero-order chi connectivity index (χ0) is 14.7. The Labute approximate surface area is 114 Å². The molecular weight excluding hydrogens is 263 g/mol. The number of carboxylic acids is 1. The molecule has 2 rings (SSSR count). The Hall–Kier alpha value is -2.63. The topological polar surface area (TPSA) is 71.3 Å². The summed E-state index contributed by atoms with van der Waals surface area (Å²) in [4.78, 5) is 22.8. The van der Waals surface area contributed by atoms with E-state index in [-0.39, 0.29) is 12.2 Å². The molecule has 1 amide bonds. The van der Waals surface area contributed by atoms with Gasteiger partial charge in [-0.1, -0.05) is 6.07 Å². The van der Waals surface area contributed by atoms with E-state index in [4.69, 9.17) is 5.11 Å². The molecule has 0 atom stereocenters. The largest absolute Gasteiger partial charge is 0.480 e. The summed E-state index contributed by atoms with van der Waals surface area (Å²) in [7, 11) is 0. The van der Waals surface area contributed by atoms with E-state index in [2.05, 4.69) is 5.32 Å². The molecule has 0 unspecified atom stereocenters. The molecule has 0 radical (unpaired) electrons. The quantitative estimate of drug-likeness (QED) is 0.899. The van der Waals surface area contributed by atoms with Gasteiger partial charge in [0.1, 0.15) is 18.1 Å². The van der Waals surface area contributed by atoms with Crippen molar-refractivity contribution in [2.75, 3.05) is 5.32 Å². The van der Waals surface area contributed by atoms with Crippen LogP contribution in [0.3, 0.4) is 0 Å². The van der Waals surface area contributed by atoms with Crippen LogP contribution < -0.4 is 5.32 Å². The summed E-state index contributed by atoms with van der Waals surface area (Å²) in [6.45, 7) is 1.43. The molecule has 0 saturated carbocycles. The third-order valence-electron chi connectivity index (χ3n) is 2.82. The van der Waals surface area contributed by atoms with Crippen LogP contribution in [0.15, 0.2) is 36.5 Å². The zero-order valence-corrected chi connectivity index (χ0v) is 10.8. The van der Waals surface area contributed by atoms with Crippen LogP contribution >= 0.6 is 0 Å². The van der Waals surface area contributed by atoms with Crippen LogP contribution in [0.25, 0.3) is 0 Å². The molecule has 0 aliphatic heterocycles. The second kappa shape index (κ2) is 5.56. The number of nitrogens with zero attached hydrogens (tertiary/aromatic N) is 1. The maximum atomic E-state index is 13.2. The monoisotopic (exact) mass is 276 g/mol. The first-order valence-electron chi connectivity index (χ1n) is 5.92. The normalized spacial score (nSPS) is 10.3. The minimum Gasteiger partial charge on any atom is -0.480 e. The van der Waals surface area contributed by atoms with E-state index < -0.39 is 17.7 Å². The third-order valence-corrected chi connectivity index (χ3v) is 2.82. The number of nitrogens with one attached hydrogen (secondary N) is 1. The van der Waals surface area contributed by atoms with Crippen molar-refractivity contribution in [2.24, 2.45) is 0 Å². The number of carbonyl (C=O) groups is 2. The number of rotatable bonds is 4. The van der Waals surface area contributed by atoms with Gasteiger partial charge in [0.05, 0.1) is 0 Å². The number of amides is 1. The van der Waals surface area contributed by atoms with Gasteiger partial charge in [0.15, 0.2) is 0 Å². The second-order valence-electron chi connectivity index (χ2n) is 4.33. The molecule has 0 aliphatic rings. The van der Waals surface area contributed by atoms with E-state index in [0.717, 1.165) is 5.56 Å². The predicted octanol–water partition coefficient (Wildman–Crippen LogP) is 2.27. The van der Waals surface area contributed by atoms with Crippen molar-refractivity contribution in [3.63, 3.8) is 0 Å². The highest BCUT2D eigenvalue weighted by Crippen LogP contribution is 2.17. The SMILES string of the molecule is Cc1ccc(F)cc1NC(=O)c1cccn1CC(=O)O. The minimum atomic E-state index is -1.04. The van der Waals surface area contributed by atoms with Gasteiger partial charge >= 0.3 is 5.97 Å². The molecule has 2 aromatic rings. The number of halogens is 1. The first-order chi connectivity index (χ1) is 9.47. The fourth-order valence-corrected chi connectivity index (χ4v) is 1.82. The van der Waals surface area contributed by atoms with Crippen LogP contribution in [0.4, 0.5) is 10.1 Å². The summed E-state index contributed by atoms with van der Waals surface area (Å²) in [5.41, 5.74) is 1.28. The first-order valence-corrected chi connectivity index (χ1v) is 5.92. The highest BCUT2D eigenvalue weighted by atomic mass is 19.1. The molecule has 2 N–H and O–H groups in total. The Morgan fingerprint density at radius 3 is 2.80 bits per heavy atom. The van der Waals surface area contributed by atoms with Gasteiger partial charge in [-0.05, 0) is 36.8 Å². The Bertz CT molecular complexity index is 664. The molecule has 1 aromatic heterocycles. The number of aromatic nitrogens is 1. The molecule has 6 heteroatoms. The number of aryl methyl sites for hydroxylation is 1. The summed E-state index contributed by atoms with van der Waals surface area (Å²) in [6.07, 6.45) is 1.50. The number of carbonyl (C=O) groups excluding carboxylic acids is 1. The summed E-state index contributed by atoms with van der Waals surface area (Å²) < 4.78 is 14.5. The number of hydrogen-bond acceptors (Lipinski definition) is 2. The van der Waals surface area contributed by atoms with Crippen molar-refractivity contribution < 1.29 is 19.1 Å². The minimum absolute atomic E-state index is 0.205. The Kier molecular flexibility index (Phi) is 3.84. The summed E-state index contributed by atoms with van der Waals surface area (Å²) in [5, 5.41) is 11.3. The molecule has 5 nitrogen and oxygen atoms in total. The van der Waals surface area contributed by atoms with Gasteiger partial charge in [-0.15, -0.1) is 0 Å². The van der Waals surface area contributed by atoms with E-state index in [1.807, 2.05) is 0 Å². The van der Waals surface area contributed by atoms with Gasteiger partial charge in [-0.2, -0.15) is 0 Å². The molecule has 1 aromatic carbocycles. The lowest BCUT2D eigenvalue weighted by atomic mass is 10.2. The van der Waals surface area contributed by atoms with Crippen LogP contribution in [0.5, 0.6) is 0 Å². The van der Waals surface area contributed by atoms with Crippen molar-refractivity contribution in [3.05, 3.63) is 53.6 Å². The fourth-order valence-electron chi connectivity index (χ4n) is 1.82. The summed E-state index contributed by atoms with van der Waals surface area (Å²) >= 11 is 0. The Balaban J connectivity index is 2.22. The van der Waals surface area contributed by atoms with Gasteiger partial charge in [-0.25, -0.2) is 4.39 Å². The predicted molar refractivity (Wildman–Crippen MR) is 71.2 cm³/mol. The molecule has 104 valence electrons. The first kappa shape index (κ1) is 13.8. The molecule has 1 heterocycles. The summed E-state index contributed by atoms with van der Waals surface area (Å²) in [5.74, 6) is -1.98. The molecule has 0 fully saturated rings. The number of carboxylic acid groups (broad SMARTS) is 1. The van der Waals surface area contributed by atoms with E-state index in [9.17, 15) is 14.0 Å². The Morgan fingerprint density at radius 1 is 1.35 bits per heavy atom. The third kappa shape index (κ3) is 3.03. The maximum absolute atomic E-state index is 13.2. The average Bonchev–Trinajstić information content (AvgIpc) is 2.81. The lowest BCUT2D eigenvalue weighted by molar-refractivity contribution is -0.137. The van der Waals surface area contributed by atoms with Gasteiger partial charge < -0.3 is 15.0 Å². The van der Waals surface area contributed by atoms with Crippen molar-refractivity contribution in [1.82, 2.24) is 4.57 Å². The van der Waals surface area contributed by atoms with Gasteiger partial charge in [0.25, 0.3) is 5.91 Å². The molecule has 0 aliphatic carbocycles. The fraction of sp³-hybridized carbons (Fsp3) is 0.143. The maximum Gasteiger partial charge on any atom is 0.323 e. The van der Waals surface area contributed by atoms with Gasteiger partial charge in [0.2, 0.25) is 0 Å². The van der Waals surface area contributed by atoms with Crippen LogP contribution in [-0.2, 0) is 11.3 Å². The van der Waals surface area contributed by atoms with E-state index in [0.29, 0.717) is 5.69 Å². The smallest absolute Gasteiger partial charge is 0.323 e. The van der Waals surface area contributed by atoms with Crippen molar-refractivity contribution >= 4 is 17.6 Å². The van der Waals surface area contributed by atoms with Gasteiger partial charge in [-0.3, -0.25) is 9.59 Å². The number of anilines is 1. The average molecular weight is 276 g/mol. The number of benzene rings is 1. The zero-order valence-electron chi connectivity index (χ0n) is 10.8. The van der Waals surface area contributed by atoms with E-state index in [1.165, 1.54) is 29.0 Å². The molecule has 0 saturated heterocycles. The van der Waals surface area contributed by atoms with E-state index >= 15 is 0 Å². The van der Waals surface area contributed by atoms with Crippen molar-refractivity contribution in [3.8, 4) is 0 Å². The highest BCUT2D eigenvalue weighted by molar-refractivity contribution is 6.03. The number of aliphatic carboxylic acids is 1. The van der Waals surface area contributed by atoms with Crippen LogP contribution in [0.1, 0.15) is 16.1 Å². The standard InChI is InChI=1S/C14H13FN2O3/c1-9-4-5-10(15)7-11(9)16-14(20)12-3-2-6-17(12)8-13(18)19/h2-7H,8H2,1H3,(H,16,20)(H,18,19). The summed E-state index contributed by atoms with van der Waals surface area (Å²) in [6, 6.07) is 7.17. The van der Waals surface area contributed by atoms with Crippen LogP contribution in [0.2, 0.25) is 0 Å². The molecular formula is C14H13FN2O3. The molecule has 0 bridgehead atoms. The second-order valence-corrected chi connectivity index (χ2v) is 4.33. The highest BCUT2D eigenvalue weighted by Gasteiger charge is 2.14. The Morgan fingerprint density at radius 2 is 2.10 bits per heavy atom. The number of hydrogen-bond donors (Lipinski definition) is 2. The van der Waals surface area contributed by atoms with Crippen LogP contribution in [0, 0.1) is 12.7 Å². The molecule has 20 heavy (non-hydrogen) atoms. The van der Waals surface area contributed by atoms with Gasteiger partial charge in [0, 0.05) is 11.9 Å². The van der Waals surface area contributed by atoms with E-state index in [1.54, 1.807) is 19.1 Å².